The Balaban J connectivity index is 1.42. The number of nitrogens with zero attached hydrogens (tertiary/aromatic N) is 6. The number of aromatic nitrogens is 4. The van der Waals surface area contributed by atoms with E-state index in [-0.39, 0.29) is 17.9 Å². The van der Waals surface area contributed by atoms with Crippen molar-refractivity contribution in [3.05, 3.63) is 6.33 Å². The number of carbonyl (C=O) groups excluding carboxylic acids is 2. The number of tetrazole rings is 1. The maximum Gasteiger partial charge on any atom is 0.244 e. The zero-order chi connectivity index (χ0) is 17.3. The molecule has 3 aliphatic rings. The van der Waals surface area contributed by atoms with Crippen molar-refractivity contribution in [3.8, 4) is 0 Å². The molecular formula is C17H26N6O2. The van der Waals surface area contributed by atoms with Crippen LogP contribution >= 0.6 is 0 Å². The molecule has 2 aliphatic heterocycles. The number of piperidine rings is 1. The Hall–Kier alpha value is -1.99. The van der Waals surface area contributed by atoms with Gasteiger partial charge in [0.05, 0.1) is 5.41 Å². The number of carbonyl (C=O) groups is 2. The topological polar surface area (TPSA) is 84.2 Å². The van der Waals surface area contributed by atoms with Crippen LogP contribution < -0.4 is 0 Å². The van der Waals surface area contributed by atoms with Crippen LogP contribution in [0.4, 0.5) is 0 Å². The fraction of sp³-hybridized carbons (Fsp3) is 0.824. The lowest BCUT2D eigenvalue weighted by molar-refractivity contribution is -0.149. The average Bonchev–Trinajstić information content (AvgIpc) is 3.29. The molecule has 0 radical (unpaired) electrons. The molecule has 25 heavy (non-hydrogen) atoms. The third kappa shape index (κ3) is 3.14. The standard InChI is InChI=1S/C17H26N6O2/c24-15(11-22-13-18-19-20-22)21-10-8-17(12-21)7-4-9-23(16(17)25)14-5-2-1-3-6-14/h13-14H,1-12H2/t17-/m0/s1. The van der Waals surface area contributed by atoms with Gasteiger partial charge in [0, 0.05) is 25.7 Å². The van der Waals surface area contributed by atoms with E-state index in [1.165, 1.54) is 30.3 Å². The summed E-state index contributed by atoms with van der Waals surface area (Å²) in [6, 6.07) is 0.421. The van der Waals surface area contributed by atoms with Crippen LogP contribution in [-0.4, -0.2) is 67.5 Å². The molecule has 2 amide bonds. The zero-order valence-corrected chi connectivity index (χ0v) is 14.6. The maximum absolute atomic E-state index is 13.3. The lowest BCUT2D eigenvalue weighted by Gasteiger charge is -2.44. The molecule has 1 aromatic rings. The Morgan fingerprint density at radius 3 is 2.76 bits per heavy atom. The van der Waals surface area contributed by atoms with Gasteiger partial charge in [-0.2, -0.15) is 0 Å². The Bertz CT molecular complexity index is 627. The highest BCUT2D eigenvalue weighted by Crippen LogP contribution is 2.42. The van der Waals surface area contributed by atoms with E-state index in [1.807, 2.05) is 4.90 Å². The summed E-state index contributed by atoms with van der Waals surface area (Å²) in [5, 5.41) is 10.9. The number of hydrogen-bond acceptors (Lipinski definition) is 5. The van der Waals surface area contributed by atoms with E-state index >= 15 is 0 Å². The summed E-state index contributed by atoms with van der Waals surface area (Å²) in [5.74, 6) is 0.287. The maximum atomic E-state index is 13.3. The molecule has 8 heteroatoms. The van der Waals surface area contributed by atoms with Crippen molar-refractivity contribution in [2.75, 3.05) is 19.6 Å². The van der Waals surface area contributed by atoms with E-state index < -0.39 is 0 Å². The normalized spacial score (nSPS) is 28.1. The Morgan fingerprint density at radius 1 is 1.16 bits per heavy atom. The third-order valence-corrected chi connectivity index (χ3v) is 6.18. The monoisotopic (exact) mass is 346 g/mol. The summed E-state index contributed by atoms with van der Waals surface area (Å²) in [5.41, 5.74) is -0.355. The highest BCUT2D eigenvalue weighted by atomic mass is 16.2. The molecule has 1 atom stereocenters. The first-order chi connectivity index (χ1) is 12.2. The van der Waals surface area contributed by atoms with Gasteiger partial charge in [-0.25, -0.2) is 4.68 Å². The van der Waals surface area contributed by atoms with E-state index in [0.717, 1.165) is 38.6 Å². The second kappa shape index (κ2) is 6.72. The van der Waals surface area contributed by atoms with Crippen LogP contribution in [0.2, 0.25) is 0 Å². The second-order valence-electron chi connectivity index (χ2n) is 7.75. The largest absolute Gasteiger partial charge is 0.340 e. The molecule has 3 heterocycles. The van der Waals surface area contributed by atoms with E-state index in [4.69, 9.17) is 0 Å². The van der Waals surface area contributed by atoms with E-state index in [9.17, 15) is 9.59 Å². The Morgan fingerprint density at radius 2 is 2.00 bits per heavy atom. The molecule has 0 aromatic carbocycles. The average molecular weight is 346 g/mol. The number of amides is 2. The summed E-state index contributed by atoms with van der Waals surface area (Å²) < 4.78 is 1.43. The van der Waals surface area contributed by atoms with Crippen molar-refractivity contribution in [3.63, 3.8) is 0 Å². The van der Waals surface area contributed by atoms with Gasteiger partial charge in [0.25, 0.3) is 0 Å². The molecular weight excluding hydrogens is 320 g/mol. The van der Waals surface area contributed by atoms with Gasteiger partial charge in [0.1, 0.15) is 12.9 Å². The predicted molar refractivity (Wildman–Crippen MR) is 89.3 cm³/mol. The summed E-state index contributed by atoms with van der Waals surface area (Å²) in [4.78, 5) is 29.8. The minimum atomic E-state index is -0.355. The lowest BCUT2D eigenvalue weighted by atomic mass is 9.77. The van der Waals surface area contributed by atoms with Gasteiger partial charge in [0.15, 0.2) is 0 Å². The zero-order valence-electron chi connectivity index (χ0n) is 14.6. The van der Waals surface area contributed by atoms with Crippen molar-refractivity contribution in [2.24, 2.45) is 5.41 Å². The first-order valence-corrected chi connectivity index (χ1v) is 9.48. The highest BCUT2D eigenvalue weighted by molar-refractivity contribution is 5.86. The summed E-state index contributed by atoms with van der Waals surface area (Å²) >= 11 is 0. The first kappa shape index (κ1) is 16.5. The van der Waals surface area contributed by atoms with Crippen molar-refractivity contribution >= 4 is 11.8 Å². The van der Waals surface area contributed by atoms with Crippen molar-refractivity contribution in [1.29, 1.82) is 0 Å². The van der Waals surface area contributed by atoms with E-state index in [0.29, 0.717) is 25.0 Å². The van der Waals surface area contributed by atoms with Gasteiger partial charge in [-0.15, -0.1) is 5.10 Å². The number of rotatable bonds is 3. The van der Waals surface area contributed by atoms with Crippen molar-refractivity contribution in [1.82, 2.24) is 30.0 Å². The molecule has 0 N–H and O–H groups in total. The van der Waals surface area contributed by atoms with Crippen LogP contribution in [0.25, 0.3) is 0 Å². The van der Waals surface area contributed by atoms with Crippen LogP contribution in [0.3, 0.4) is 0 Å². The SMILES string of the molecule is O=C(Cn1cnnn1)N1CC[C@@]2(CCCN(C3CCCCC3)C2=O)C1. The molecule has 1 aliphatic carbocycles. The van der Waals surface area contributed by atoms with Crippen LogP contribution in [0.15, 0.2) is 6.33 Å². The molecule has 1 aromatic heterocycles. The molecule has 8 nitrogen and oxygen atoms in total. The third-order valence-electron chi connectivity index (χ3n) is 6.18. The van der Waals surface area contributed by atoms with Crippen LogP contribution in [0.5, 0.6) is 0 Å². The number of hydrogen-bond donors (Lipinski definition) is 0. The Kier molecular flexibility index (Phi) is 4.43. The molecule has 136 valence electrons. The second-order valence-corrected chi connectivity index (χ2v) is 7.75. The fourth-order valence-corrected chi connectivity index (χ4v) is 4.80. The predicted octanol–water partition coefficient (Wildman–Crippen LogP) is 0.847. The first-order valence-electron chi connectivity index (χ1n) is 9.48. The highest BCUT2D eigenvalue weighted by Gasteiger charge is 2.50. The quantitative estimate of drug-likeness (QED) is 0.810. The Labute approximate surface area is 147 Å². The lowest BCUT2D eigenvalue weighted by Crippen LogP contribution is -2.54. The molecule has 1 saturated carbocycles. The summed E-state index contributed by atoms with van der Waals surface area (Å²) in [6.45, 7) is 2.24. The molecule has 1 spiro atoms. The summed E-state index contributed by atoms with van der Waals surface area (Å²) in [7, 11) is 0. The van der Waals surface area contributed by atoms with Crippen molar-refractivity contribution in [2.45, 2.75) is 64.0 Å². The van der Waals surface area contributed by atoms with Crippen LogP contribution in [0, 0.1) is 5.41 Å². The van der Waals surface area contributed by atoms with Crippen molar-refractivity contribution < 1.29 is 9.59 Å². The molecule has 3 fully saturated rings. The molecule has 0 bridgehead atoms. The molecule has 4 rings (SSSR count). The van der Waals surface area contributed by atoms with Gasteiger partial charge in [-0.3, -0.25) is 9.59 Å². The van der Waals surface area contributed by atoms with E-state index in [2.05, 4.69) is 20.4 Å². The molecule has 0 unspecified atom stereocenters. The fourth-order valence-electron chi connectivity index (χ4n) is 4.80. The molecule has 2 saturated heterocycles. The minimum absolute atomic E-state index is 0.00763. The smallest absolute Gasteiger partial charge is 0.244 e. The van der Waals surface area contributed by atoms with Crippen LogP contribution in [-0.2, 0) is 16.1 Å². The van der Waals surface area contributed by atoms with Gasteiger partial charge >= 0.3 is 0 Å². The van der Waals surface area contributed by atoms with Gasteiger partial charge in [-0.1, -0.05) is 19.3 Å². The van der Waals surface area contributed by atoms with Gasteiger partial charge in [0.2, 0.25) is 11.8 Å². The summed E-state index contributed by atoms with van der Waals surface area (Å²) in [6.07, 6.45) is 10.2. The van der Waals surface area contributed by atoms with Gasteiger partial charge in [-0.05, 0) is 42.5 Å². The minimum Gasteiger partial charge on any atom is -0.340 e. The number of likely N-dealkylation sites (tertiary alicyclic amines) is 2. The van der Waals surface area contributed by atoms with Crippen LogP contribution in [0.1, 0.15) is 51.4 Å². The van der Waals surface area contributed by atoms with E-state index in [1.54, 1.807) is 0 Å². The van der Waals surface area contributed by atoms with Gasteiger partial charge < -0.3 is 9.80 Å².